The van der Waals surface area contributed by atoms with Crippen LogP contribution in [0.1, 0.15) is 45.3 Å². The molecule has 0 aromatic heterocycles. The smallest absolute Gasteiger partial charge is 0.151 e. The highest BCUT2D eigenvalue weighted by molar-refractivity contribution is 9.10. The highest BCUT2D eigenvalue weighted by atomic mass is 79.9. The van der Waals surface area contributed by atoms with Crippen molar-refractivity contribution >= 4 is 67.4 Å². The Morgan fingerprint density at radius 2 is 1.31 bits per heavy atom. The molecule has 4 aromatic rings. The van der Waals surface area contributed by atoms with Gasteiger partial charge in [0.15, 0.2) is 6.29 Å². The van der Waals surface area contributed by atoms with Crippen LogP contribution in [0.5, 0.6) is 11.5 Å². The monoisotopic (exact) mass is 688 g/mol. The quantitative estimate of drug-likeness (QED) is 0.189. The molecule has 202 valence electrons. The average molecular weight is 691 g/mol. The zero-order valence-corrected chi connectivity index (χ0v) is 26.2. The van der Waals surface area contributed by atoms with Gasteiger partial charge in [-0.2, -0.15) is 0 Å². The van der Waals surface area contributed by atoms with Crippen LogP contribution < -0.4 is 9.47 Å². The molecule has 0 aliphatic heterocycles. The van der Waals surface area contributed by atoms with Gasteiger partial charge in [0.25, 0.3) is 0 Å². The van der Waals surface area contributed by atoms with Gasteiger partial charge in [-0.15, -0.1) is 0 Å². The van der Waals surface area contributed by atoms with E-state index >= 15 is 0 Å². The molecule has 1 aliphatic carbocycles. The second-order valence-corrected chi connectivity index (χ2v) is 11.3. The Morgan fingerprint density at radius 3 is 1.79 bits per heavy atom. The molecule has 0 saturated heterocycles. The Balaban J connectivity index is 0.000000179. The van der Waals surface area contributed by atoms with Crippen molar-refractivity contribution in [2.75, 3.05) is 14.2 Å². The normalized spacial score (nSPS) is 15.0. The van der Waals surface area contributed by atoms with Gasteiger partial charge in [0.1, 0.15) is 11.5 Å². The van der Waals surface area contributed by atoms with Crippen LogP contribution in [0.4, 0.5) is 0 Å². The van der Waals surface area contributed by atoms with E-state index in [1.54, 1.807) is 32.4 Å². The third kappa shape index (κ3) is 9.25. The lowest BCUT2D eigenvalue weighted by atomic mass is 10.0. The molecular weight excluding hydrogens is 663 g/mol. The van der Waals surface area contributed by atoms with Crippen molar-refractivity contribution in [1.29, 1.82) is 0 Å². The Kier molecular flexibility index (Phi) is 12.1. The number of aldehydes is 1. The maximum absolute atomic E-state index is 10.3. The number of halogens is 4. The van der Waals surface area contributed by atoms with Crippen LogP contribution in [0.3, 0.4) is 0 Å². The maximum atomic E-state index is 10.3. The molecule has 39 heavy (non-hydrogen) atoms. The molecule has 4 aromatic carbocycles. The number of benzene rings is 4. The van der Waals surface area contributed by atoms with Gasteiger partial charge in [0.05, 0.1) is 19.2 Å². The number of carbonyl (C=O) groups excluding carboxylic acids is 1. The summed E-state index contributed by atoms with van der Waals surface area (Å²) >= 11 is 18.8. The van der Waals surface area contributed by atoms with Gasteiger partial charge in [0, 0.05) is 19.5 Å². The largest absolute Gasteiger partial charge is 0.497 e. The molecule has 0 N–H and O–H groups in total. The van der Waals surface area contributed by atoms with Gasteiger partial charge in [-0.1, -0.05) is 98.0 Å². The molecule has 0 spiro atoms. The summed E-state index contributed by atoms with van der Waals surface area (Å²) in [5.74, 6) is 2.61. The number of hydrogen-bond acceptors (Lipinski definition) is 3. The van der Waals surface area contributed by atoms with Gasteiger partial charge in [0.2, 0.25) is 0 Å². The number of ether oxygens (including phenoxy) is 2. The van der Waals surface area contributed by atoms with Crippen LogP contribution in [0.15, 0.2) is 100 Å². The van der Waals surface area contributed by atoms with E-state index < -0.39 is 0 Å². The molecule has 2 atom stereocenters. The molecule has 2 unspecified atom stereocenters. The van der Waals surface area contributed by atoms with Crippen LogP contribution in [0.25, 0.3) is 6.08 Å². The standard InChI is InChI=1S/C16H14BrClO.C8H7Br.C8H7ClO2/c1-19-12-6-7-13(16(18)8-12)15-9-14(15)10-2-4-11(17)5-3-10;1-2-7-3-5-8(9)6-4-7;1-11-7-3-2-6(5-10)8(9)4-7/h2-8,14-15H,9H2,1H3;2-6H,1H2;2-5H,1H3. The molecule has 0 amide bonds. The lowest BCUT2D eigenvalue weighted by Gasteiger charge is -2.06. The van der Waals surface area contributed by atoms with Gasteiger partial charge < -0.3 is 9.47 Å². The molecule has 3 nitrogen and oxygen atoms in total. The Morgan fingerprint density at radius 1 is 0.769 bits per heavy atom. The topological polar surface area (TPSA) is 35.5 Å². The second kappa shape index (κ2) is 15.3. The fourth-order valence-electron chi connectivity index (χ4n) is 3.88. The predicted molar refractivity (Wildman–Crippen MR) is 170 cm³/mol. The van der Waals surface area contributed by atoms with Gasteiger partial charge >= 0.3 is 0 Å². The number of rotatable bonds is 6. The molecule has 0 radical (unpaired) electrons. The minimum absolute atomic E-state index is 0.416. The van der Waals surface area contributed by atoms with Crippen molar-refractivity contribution in [2.24, 2.45) is 0 Å². The maximum Gasteiger partial charge on any atom is 0.151 e. The molecule has 1 saturated carbocycles. The highest BCUT2D eigenvalue weighted by Gasteiger charge is 2.40. The van der Waals surface area contributed by atoms with E-state index in [4.69, 9.17) is 32.7 Å². The number of methoxy groups -OCH3 is 2. The van der Waals surface area contributed by atoms with Crippen molar-refractivity contribution in [3.8, 4) is 11.5 Å². The first-order valence-electron chi connectivity index (χ1n) is 12.0. The molecular formula is C32H28Br2Cl2O3. The van der Waals surface area contributed by atoms with E-state index in [0.29, 0.717) is 34.5 Å². The SMILES string of the molecule is C=Cc1ccc(Br)cc1.COc1ccc(C2CC2c2ccc(Br)cc2)c(Cl)c1.COc1ccc(C=O)c(Cl)c1. The summed E-state index contributed by atoms with van der Waals surface area (Å²) in [6.45, 7) is 3.65. The summed E-state index contributed by atoms with van der Waals surface area (Å²) < 4.78 is 12.3. The summed E-state index contributed by atoms with van der Waals surface area (Å²) in [6, 6.07) is 27.5. The minimum atomic E-state index is 0.416. The Hall–Kier alpha value is -2.57. The summed E-state index contributed by atoms with van der Waals surface area (Å²) in [4.78, 5) is 10.3. The third-order valence-corrected chi connectivity index (χ3v) is 7.85. The van der Waals surface area contributed by atoms with Crippen LogP contribution in [-0.4, -0.2) is 20.5 Å². The zero-order valence-electron chi connectivity index (χ0n) is 21.5. The van der Waals surface area contributed by atoms with Crippen molar-refractivity contribution in [2.45, 2.75) is 18.3 Å². The highest BCUT2D eigenvalue weighted by Crippen LogP contribution is 2.56. The van der Waals surface area contributed by atoms with E-state index in [0.717, 1.165) is 25.3 Å². The number of carbonyl (C=O) groups is 1. The third-order valence-electron chi connectivity index (χ3n) is 6.14. The molecule has 0 heterocycles. The van der Waals surface area contributed by atoms with Crippen LogP contribution in [-0.2, 0) is 0 Å². The van der Waals surface area contributed by atoms with E-state index in [1.165, 1.54) is 17.5 Å². The summed E-state index contributed by atoms with van der Waals surface area (Å²) in [5.41, 5.74) is 4.25. The fourth-order valence-corrected chi connectivity index (χ4v) is 4.94. The van der Waals surface area contributed by atoms with E-state index in [9.17, 15) is 4.79 Å². The lowest BCUT2D eigenvalue weighted by molar-refractivity contribution is 0.112. The molecule has 5 rings (SSSR count). The first-order valence-corrected chi connectivity index (χ1v) is 14.4. The van der Waals surface area contributed by atoms with E-state index in [1.807, 2.05) is 42.5 Å². The van der Waals surface area contributed by atoms with Crippen LogP contribution >= 0.6 is 55.1 Å². The van der Waals surface area contributed by atoms with Crippen LogP contribution in [0.2, 0.25) is 10.0 Å². The van der Waals surface area contributed by atoms with Crippen molar-refractivity contribution in [3.05, 3.63) is 133 Å². The predicted octanol–water partition coefficient (Wildman–Crippen LogP) is 10.6. The summed E-state index contributed by atoms with van der Waals surface area (Å²) in [7, 11) is 3.21. The van der Waals surface area contributed by atoms with E-state index in [-0.39, 0.29) is 0 Å². The number of hydrogen-bond donors (Lipinski definition) is 0. The van der Waals surface area contributed by atoms with Gasteiger partial charge in [-0.3, -0.25) is 4.79 Å². The van der Waals surface area contributed by atoms with Crippen LogP contribution in [0, 0.1) is 0 Å². The van der Waals surface area contributed by atoms with Crippen molar-refractivity contribution < 1.29 is 14.3 Å². The Bertz CT molecular complexity index is 1390. The summed E-state index contributed by atoms with van der Waals surface area (Å²) in [6.07, 6.45) is 3.71. The molecule has 1 fully saturated rings. The van der Waals surface area contributed by atoms with Crippen molar-refractivity contribution in [3.63, 3.8) is 0 Å². The Labute approximate surface area is 257 Å². The lowest BCUT2D eigenvalue weighted by Crippen LogP contribution is -1.88. The summed E-state index contributed by atoms with van der Waals surface area (Å²) in [5, 5.41) is 1.23. The first-order chi connectivity index (χ1) is 18.8. The van der Waals surface area contributed by atoms with Crippen molar-refractivity contribution in [1.82, 2.24) is 0 Å². The average Bonchev–Trinajstić information content (AvgIpc) is 3.75. The molecule has 1 aliphatic rings. The van der Waals surface area contributed by atoms with Gasteiger partial charge in [-0.05, 0) is 89.5 Å². The molecule has 7 heteroatoms. The van der Waals surface area contributed by atoms with Gasteiger partial charge in [-0.25, -0.2) is 0 Å². The van der Waals surface area contributed by atoms with E-state index in [2.05, 4.69) is 68.8 Å². The molecule has 0 bridgehead atoms. The first kappa shape index (κ1) is 31.0. The second-order valence-electron chi connectivity index (χ2n) is 8.65. The zero-order chi connectivity index (χ0) is 28.4. The fraction of sp³-hybridized carbons (Fsp3) is 0.156. The minimum Gasteiger partial charge on any atom is -0.497 e.